The zero-order valence-electron chi connectivity index (χ0n) is 19.4. The quantitative estimate of drug-likeness (QED) is 0.549. The average Bonchev–Trinajstić information content (AvgIpc) is 3.09. The number of carbonyl (C=O) groups excluding carboxylic acids is 1. The number of phenolic OH excluding ortho intramolecular Hbond substituents is 1. The van der Waals surface area contributed by atoms with Gasteiger partial charge in [0.1, 0.15) is 11.5 Å². The van der Waals surface area contributed by atoms with Gasteiger partial charge in [-0.05, 0) is 69.2 Å². The summed E-state index contributed by atoms with van der Waals surface area (Å²) in [6.45, 7) is 7.61. The zero-order chi connectivity index (χ0) is 24.4. The Labute approximate surface area is 200 Å². The summed E-state index contributed by atoms with van der Waals surface area (Å²) in [4.78, 5) is 31.5. The normalized spacial score (nSPS) is 15.8. The molecule has 0 amide bonds. The monoisotopic (exact) mass is 478 g/mol. The molecule has 0 aliphatic carbocycles. The van der Waals surface area contributed by atoms with Crippen LogP contribution in [0.2, 0.25) is 0 Å². The van der Waals surface area contributed by atoms with Gasteiger partial charge in [-0.2, -0.15) is 0 Å². The topological polar surface area (TPSA) is 90.1 Å². The number of esters is 1. The number of rotatable bonds is 6. The van der Waals surface area contributed by atoms with Crippen molar-refractivity contribution in [3.63, 3.8) is 0 Å². The third kappa shape index (κ3) is 4.68. The number of phenols is 1. The van der Waals surface area contributed by atoms with Crippen LogP contribution >= 0.6 is 11.3 Å². The molecule has 2 heterocycles. The van der Waals surface area contributed by atoms with E-state index in [9.17, 15) is 14.7 Å². The van der Waals surface area contributed by atoms with Gasteiger partial charge in [0.25, 0.3) is 5.56 Å². The predicted octanol–water partition coefficient (Wildman–Crippen LogP) is 3.29. The summed E-state index contributed by atoms with van der Waals surface area (Å²) in [5.74, 6) is 0.340. The number of carbonyl (C=O) groups is 1. The summed E-state index contributed by atoms with van der Waals surface area (Å²) in [7, 11) is 0. The average molecular weight is 479 g/mol. The van der Waals surface area contributed by atoms with E-state index in [-0.39, 0.29) is 24.0 Å². The van der Waals surface area contributed by atoms with E-state index >= 15 is 0 Å². The number of fused-ring (bicyclic) bond motifs is 1. The Bertz CT molecular complexity index is 1410. The van der Waals surface area contributed by atoms with E-state index in [0.717, 1.165) is 11.3 Å². The van der Waals surface area contributed by atoms with Crippen LogP contribution in [0.25, 0.3) is 6.08 Å². The van der Waals surface area contributed by atoms with E-state index in [0.29, 0.717) is 26.2 Å². The summed E-state index contributed by atoms with van der Waals surface area (Å²) in [5.41, 5.74) is 2.08. The predicted molar refractivity (Wildman–Crippen MR) is 131 cm³/mol. The number of aromatic nitrogens is 1. The van der Waals surface area contributed by atoms with Crippen LogP contribution in [-0.2, 0) is 9.53 Å². The van der Waals surface area contributed by atoms with Gasteiger partial charge in [0.05, 0.1) is 34.6 Å². The van der Waals surface area contributed by atoms with Crippen molar-refractivity contribution in [2.24, 2.45) is 4.99 Å². The molecule has 0 unspecified atom stereocenters. The summed E-state index contributed by atoms with van der Waals surface area (Å²) in [5, 5.41) is 9.75. The highest BCUT2D eigenvalue weighted by Crippen LogP contribution is 2.31. The smallest absolute Gasteiger partial charge is 0.338 e. The van der Waals surface area contributed by atoms with Gasteiger partial charge in [0.15, 0.2) is 4.80 Å². The molecule has 0 spiro atoms. The molecule has 1 atom stereocenters. The molecule has 0 saturated carbocycles. The second-order valence-electron chi connectivity index (χ2n) is 8.13. The largest absolute Gasteiger partial charge is 0.508 e. The van der Waals surface area contributed by atoms with Crippen molar-refractivity contribution < 1.29 is 19.4 Å². The Morgan fingerprint density at radius 1 is 1.18 bits per heavy atom. The molecule has 0 radical (unpaired) electrons. The Kier molecular flexibility index (Phi) is 6.70. The lowest BCUT2D eigenvalue weighted by Crippen LogP contribution is -2.39. The fourth-order valence-electron chi connectivity index (χ4n) is 3.83. The van der Waals surface area contributed by atoms with Crippen LogP contribution in [0.15, 0.2) is 69.6 Å². The Morgan fingerprint density at radius 2 is 1.85 bits per heavy atom. The van der Waals surface area contributed by atoms with E-state index in [2.05, 4.69) is 4.99 Å². The minimum atomic E-state index is -0.708. The molecule has 2 aromatic carbocycles. The lowest BCUT2D eigenvalue weighted by Gasteiger charge is -2.24. The highest BCUT2D eigenvalue weighted by Gasteiger charge is 2.33. The van der Waals surface area contributed by atoms with Crippen LogP contribution in [-0.4, -0.2) is 28.4 Å². The maximum Gasteiger partial charge on any atom is 0.338 e. The maximum atomic E-state index is 13.5. The number of nitrogens with zero attached hydrogens (tertiary/aromatic N) is 2. The van der Waals surface area contributed by atoms with E-state index in [4.69, 9.17) is 9.47 Å². The molecule has 0 saturated heterocycles. The molecule has 3 aromatic rings. The molecule has 1 aliphatic rings. The first-order chi connectivity index (χ1) is 16.3. The highest BCUT2D eigenvalue weighted by atomic mass is 32.1. The fraction of sp³-hybridized carbons (Fsp3) is 0.269. The molecule has 34 heavy (non-hydrogen) atoms. The van der Waals surface area contributed by atoms with Crippen molar-refractivity contribution in [1.82, 2.24) is 4.57 Å². The number of aromatic hydroxyl groups is 1. The van der Waals surface area contributed by atoms with Crippen molar-refractivity contribution >= 4 is 23.4 Å². The van der Waals surface area contributed by atoms with E-state index in [1.807, 2.05) is 38.1 Å². The van der Waals surface area contributed by atoms with E-state index in [1.54, 1.807) is 32.1 Å². The van der Waals surface area contributed by atoms with Gasteiger partial charge in [-0.25, -0.2) is 9.79 Å². The number of benzene rings is 2. The molecular weight excluding hydrogens is 452 g/mol. The lowest BCUT2D eigenvalue weighted by molar-refractivity contribution is -0.139. The molecule has 4 rings (SSSR count). The Hall–Kier alpha value is -3.65. The molecule has 1 N–H and O–H groups in total. The second kappa shape index (κ2) is 9.69. The van der Waals surface area contributed by atoms with E-state index in [1.165, 1.54) is 28.0 Å². The third-order valence-electron chi connectivity index (χ3n) is 5.28. The molecule has 1 aromatic heterocycles. The van der Waals surface area contributed by atoms with Gasteiger partial charge in [0.2, 0.25) is 0 Å². The van der Waals surface area contributed by atoms with E-state index < -0.39 is 12.0 Å². The molecular formula is C26H26N2O5S. The molecule has 7 nitrogen and oxygen atoms in total. The van der Waals surface area contributed by atoms with Gasteiger partial charge >= 0.3 is 5.97 Å². The summed E-state index contributed by atoms with van der Waals surface area (Å²) >= 11 is 1.27. The fourth-order valence-corrected chi connectivity index (χ4v) is 4.88. The van der Waals surface area contributed by atoms with Crippen molar-refractivity contribution in [1.29, 1.82) is 0 Å². The van der Waals surface area contributed by atoms with Crippen LogP contribution in [0, 0.1) is 0 Å². The first-order valence-corrected chi connectivity index (χ1v) is 11.9. The SMILES string of the molecule is CCOC(=O)C1=C(C)N=c2sc(=Cc3ccc(OC(C)C)cc3)c(=O)n2[C@H]1c1ccc(O)cc1. The van der Waals surface area contributed by atoms with Gasteiger partial charge in [-0.1, -0.05) is 35.6 Å². The first kappa shape index (κ1) is 23.5. The zero-order valence-corrected chi connectivity index (χ0v) is 20.3. The maximum absolute atomic E-state index is 13.5. The minimum Gasteiger partial charge on any atom is -0.508 e. The summed E-state index contributed by atoms with van der Waals surface area (Å²) < 4.78 is 13.0. The van der Waals surface area contributed by atoms with Crippen LogP contribution < -0.4 is 19.6 Å². The number of thiazole rings is 1. The van der Waals surface area contributed by atoms with Gasteiger partial charge in [-0.3, -0.25) is 9.36 Å². The lowest BCUT2D eigenvalue weighted by atomic mass is 9.96. The molecule has 0 bridgehead atoms. The van der Waals surface area contributed by atoms with Crippen LogP contribution in [0.3, 0.4) is 0 Å². The van der Waals surface area contributed by atoms with Crippen LogP contribution in [0.4, 0.5) is 0 Å². The second-order valence-corrected chi connectivity index (χ2v) is 9.14. The molecule has 8 heteroatoms. The number of allylic oxidation sites excluding steroid dienone is 1. The van der Waals surface area contributed by atoms with Crippen molar-refractivity contribution in [3.05, 3.63) is 90.6 Å². The Morgan fingerprint density at radius 3 is 2.47 bits per heavy atom. The summed E-state index contributed by atoms with van der Waals surface area (Å²) in [6, 6.07) is 13.3. The van der Waals surface area contributed by atoms with Crippen molar-refractivity contribution in [3.8, 4) is 11.5 Å². The third-order valence-corrected chi connectivity index (χ3v) is 6.26. The van der Waals surface area contributed by atoms with Crippen LogP contribution in [0.5, 0.6) is 11.5 Å². The number of hydrogen-bond donors (Lipinski definition) is 1. The van der Waals surface area contributed by atoms with Crippen molar-refractivity contribution in [2.75, 3.05) is 6.61 Å². The molecule has 1 aliphatic heterocycles. The van der Waals surface area contributed by atoms with Gasteiger partial charge < -0.3 is 14.6 Å². The molecule has 0 fully saturated rings. The van der Waals surface area contributed by atoms with Gasteiger partial charge in [0, 0.05) is 0 Å². The van der Waals surface area contributed by atoms with Crippen molar-refractivity contribution in [2.45, 2.75) is 39.8 Å². The summed E-state index contributed by atoms with van der Waals surface area (Å²) in [6.07, 6.45) is 1.88. The molecule has 176 valence electrons. The number of hydrogen-bond acceptors (Lipinski definition) is 7. The Balaban J connectivity index is 1.85. The minimum absolute atomic E-state index is 0.0753. The standard InChI is InChI=1S/C26H26N2O5S/c1-5-32-25(31)22-16(4)27-26-28(23(22)18-8-10-19(29)11-9-18)24(30)21(34-26)14-17-6-12-20(13-7-17)33-15(2)3/h6-15,23,29H,5H2,1-4H3/t23-/m0/s1. The van der Waals surface area contributed by atoms with Crippen LogP contribution in [0.1, 0.15) is 44.9 Å². The first-order valence-electron chi connectivity index (χ1n) is 11.0. The van der Waals surface area contributed by atoms with Gasteiger partial charge in [-0.15, -0.1) is 0 Å². The highest BCUT2D eigenvalue weighted by molar-refractivity contribution is 7.07. The number of ether oxygens (including phenoxy) is 2.